The second-order valence-electron chi connectivity index (χ2n) is 3.76. The van der Waals surface area contributed by atoms with Crippen LogP contribution in [0.1, 0.15) is 0 Å². The molecule has 1 aromatic rings. The van der Waals surface area contributed by atoms with Gasteiger partial charge in [-0.1, -0.05) is 15.9 Å². The minimum absolute atomic E-state index is 0.134. The molecule has 0 aromatic heterocycles. The summed E-state index contributed by atoms with van der Waals surface area (Å²) in [6.07, 6.45) is 0. The first-order chi connectivity index (χ1) is 8.41. The Hall–Kier alpha value is -0.440. The van der Waals surface area contributed by atoms with Gasteiger partial charge in [0.05, 0.1) is 11.4 Å². The van der Waals surface area contributed by atoms with E-state index < -0.39 is 10.0 Å². The van der Waals surface area contributed by atoms with Crippen LogP contribution in [0.25, 0.3) is 0 Å². The van der Waals surface area contributed by atoms with Crippen molar-refractivity contribution >= 4 is 47.8 Å². The van der Waals surface area contributed by atoms with E-state index in [2.05, 4.69) is 37.2 Å². The minimum Gasteiger partial charge on any atom is -0.354 e. The van der Waals surface area contributed by atoms with Crippen molar-refractivity contribution in [1.82, 2.24) is 9.62 Å². The largest absolute Gasteiger partial charge is 0.354 e. The Balaban J connectivity index is 2.38. The molecular weight excluding hydrogens is 388 g/mol. The van der Waals surface area contributed by atoms with E-state index in [-0.39, 0.29) is 23.9 Å². The van der Waals surface area contributed by atoms with Crippen LogP contribution in [0.3, 0.4) is 0 Å². The Kier molecular flexibility index (Phi) is 4.10. The van der Waals surface area contributed by atoms with Crippen LogP contribution in [0, 0.1) is 0 Å². The fourth-order valence-electron chi connectivity index (χ4n) is 1.64. The quantitative estimate of drug-likeness (QED) is 0.818. The molecule has 1 aliphatic heterocycles. The zero-order valence-corrected chi connectivity index (χ0v) is 13.2. The average Bonchev–Trinajstić information content (AvgIpc) is 2.28. The predicted molar refractivity (Wildman–Crippen MR) is 73.6 cm³/mol. The highest BCUT2D eigenvalue weighted by molar-refractivity contribution is 9.11. The summed E-state index contributed by atoms with van der Waals surface area (Å²) in [7, 11) is -3.64. The molecule has 0 aliphatic carbocycles. The highest BCUT2D eigenvalue weighted by Gasteiger charge is 2.30. The van der Waals surface area contributed by atoms with Crippen LogP contribution >= 0.6 is 31.9 Å². The number of sulfonamides is 1. The fraction of sp³-hybridized carbons (Fsp3) is 0.300. The molecule has 0 bridgehead atoms. The van der Waals surface area contributed by atoms with Gasteiger partial charge in [0.15, 0.2) is 0 Å². The van der Waals surface area contributed by atoms with Crippen molar-refractivity contribution in [2.45, 2.75) is 4.90 Å². The Morgan fingerprint density at radius 1 is 1.28 bits per heavy atom. The van der Waals surface area contributed by atoms with Gasteiger partial charge in [-0.05, 0) is 34.1 Å². The fourth-order valence-corrected chi connectivity index (χ4v) is 4.75. The molecule has 1 saturated heterocycles. The average molecular weight is 398 g/mol. The van der Waals surface area contributed by atoms with Gasteiger partial charge in [0, 0.05) is 22.0 Å². The number of carbonyl (C=O) groups excluding carboxylic acids is 1. The van der Waals surface area contributed by atoms with Crippen molar-refractivity contribution in [3.63, 3.8) is 0 Å². The van der Waals surface area contributed by atoms with Gasteiger partial charge in [0.1, 0.15) is 0 Å². The van der Waals surface area contributed by atoms with Crippen LogP contribution in [0.5, 0.6) is 0 Å². The van der Waals surface area contributed by atoms with E-state index in [1.807, 2.05) is 0 Å². The summed E-state index contributed by atoms with van der Waals surface area (Å²) in [6.45, 7) is 0.494. The number of halogens is 2. The first-order valence-corrected chi connectivity index (χ1v) is 8.16. The van der Waals surface area contributed by atoms with Gasteiger partial charge in [-0.3, -0.25) is 4.79 Å². The Labute approximate surface area is 122 Å². The van der Waals surface area contributed by atoms with Crippen LogP contribution in [-0.4, -0.2) is 38.3 Å². The van der Waals surface area contributed by atoms with E-state index in [0.717, 1.165) is 4.47 Å². The lowest BCUT2D eigenvalue weighted by Crippen LogP contribution is -2.49. The van der Waals surface area contributed by atoms with E-state index in [1.165, 1.54) is 10.4 Å². The summed E-state index contributed by atoms with van der Waals surface area (Å²) >= 11 is 6.49. The summed E-state index contributed by atoms with van der Waals surface area (Å²) in [5, 5.41) is 2.60. The molecule has 0 atom stereocenters. The Morgan fingerprint density at radius 2 is 2.00 bits per heavy atom. The van der Waals surface area contributed by atoms with Crippen LogP contribution < -0.4 is 5.32 Å². The molecule has 5 nitrogen and oxygen atoms in total. The lowest BCUT2D eigenvalue weighted by molar-refractivity contribution is -0.122. The van der Waals surface area contributed by atoms with Crippen molar-refractivity contribution in [2.24, 2.45) is 0 Å². The van der Waals surface area contributed by atoms with Gasteiger partial charge >= 0.3 is 0 Å². The van der Waals surface area contributed by atoms with Gasteiger partial charge in [0.2, 0.25) is 15.9 Å². The molecule has 0 unspecified atom stereocenters. The molecule has 0 radical (unpaired) electrons. The van der Waals surface area contributed by atoms with Crippen molar-refractivity contribution < 1.29 is 13.2 Å². The molecule has 1 aliphatic rings. The van der Waals surface area contributed by atoms with Crippen LogP contribution in [0.4, 0.5) is 0 Å². The van der Waals surface area contributed by atoms with Gasteiger partial charge < -0.3 is 5.32 Å². The highest BCUT2D eigenvalue weighted by atomic mass is 79.9. The maximum atomic E-state index is 12.4. The smallest absolute Gasteiger partial charge is 0.244 e. The maximum Gasteiger partial charge on any atom is 0.244 e. The topological polar surface area (TPSA) is 66.5 Å². The molecule has 1 aromatic carbocycles. The maximum absolute atomic E-state index is 12.4. The van der Waals surface area contributed by atoms with Gasteiger partial charge in [0.25, 0.3) is 0 Å². The van der Waals surface area contributed by atoms with Crippen LogP contribution in [0.2, 0.25) is 0 Å². The molecule has 8 heteroatoms. The number of benzene rings is 1. The number of amides is 1. The van der Waals surface area contributed by atoms with Crippen molar-refractivity contribution in [3.8, 4) is 0 Å². The number of nitrogens with one attached hydrogen (secondary N) is 1. The summed E-state index contributed by atoms with van der Waals surface area (Å²) in [4.78, 5) is 11.4. The number of hydrogen-bond donors (Lipinski definition) is 1. The second kappa shape index (κ2) is 5.28. The third kappa shape index (κ3) is 2.76. The molecule has 2 rings (SSSR count). The third-order valence-electron chi connectivity index (χ3n) is 2.52. The zero-order chi connectivity index (χ0) is 13.3. The van der Waals surface area contributed by atoms with Crippen LogP contribution in [-0.2, 0) is 14.8 Å². The molecule has 18 heavy (non-hydrogen) atoms. The molecule has 1 heterocycles. The van der Waals surface area contributed by atoms with Gasteiger partial charge in [-0.2, -0.15) is 4.31 Å². The number of nitrogens with zero attached hydrogens (tertiary/aromatic N) is 1. The standard InChI is InChI=1S/C10H10Br2N2O3S/c11-7-1-2-9(8(12)5-7)18(16,17)14-4-3-13-10(15)6-14/h1-2,5H,3-4,6H2,(H,13,15). The number of piperazine rings is 1. The Bertz CT molecular complexity index is 589. The van der Waals surface area contributed by atoms with E-state index in [9.17, 15) is 13.2 Å². The number of rotatable bonds is 2. The summed E-state index contributed by atoms with van der Waals surface area (Å²) in [5.74, 6) is -0.280. The SMILES string of the molecule is O=C1CN(S(=O)(=O)c2ccc(Br)cc2Br)CCN1. The second-order valence-corrected chi connectivity index (χ2v) is 7.44. The van der Waals surface area contributed by atoms with Gasteiger partial charge in [-0.25, -0.2) is 8.42 Å². The molecule has 1 fully saturated rings. The lowest BCUT2D eigenvalue weighted by Gasteiger charge is -2.26. The van der Waals surface area contributed by atoms with Crippen molar-refractivity contribution in [3.05, 3.63) is 27.1 Å². The molecule has 1 amide bonds. The van der Waals surface area contributed by atoms with Crippen molar-refractivity contribution in [2.75, 3.05) is 19.6 Å². The van der Waals surface area contributed by atoms with E-state index >= 15 is 0 Å². The predicted octanol–water partition coefficient (Wildman–Crippen LogP) is 1.33. The summed E-state index contributed by atoms with van der Waals surface area (Å²) in [6, 6.07) is 4.83. The first-order valence-electron chi connectivity index (χ1n) is 5.13. The first kappa shape index (κ1) is 14.0. The third-order valence-corrected chi connectivity index (χ3v) is 5.83. The number of carbonyl (C=O) groups is 1. The van der Waals surface area contributed by atoms with Crippen LogP contribution in [0.15, 0.2) is 32.0 Å². The number of hydrogen-bond acceptors (Lipinski definition) is 3. The normalized spacial score (nSPS) is 17.6. The minimum atomic E-state index is -3.64. The van der Waals surface area contributed by atoms with E-state index in [1.54, 1.807) is 12.1 Å². The highest BCUT2D eigenvalue weighted by Crippen LogP contribution is 2.28. The summed E-state index contributed by atoms with van der Waals surface area (Å²) in [5.41, 5.74) is 0. The van der Waals surface area contributed by atoms with Crippen molar-refractivity contribution in [1.29, 1.82) is 0 Å². The monoisotopic (exact) mass is 396 g/mol. The summed E-state index contributed by atoms with van der Waals surface area (Å²) < 4.78 is 27.2. The Morgan fingerprint density at radius 3 is 2.61 bits per heavy atom. The molecule has 0 saturated carbocycles. The van der Waals surface area contributed by atoms with Gasteiger partial charge in [-0.15, -0.1) is 0 Å². The molecule has 1 N–H and O–H groups in total. The van der Waals surface area contributed by atoms with E-state index in [0.29, 0.717) is 11.0 Å². The zero-order valence-electron chi connectivity index (χ0n) is 9.19. The molecular formula is C10H10Br2N2O3S. The lowest BCUT2D eigenvalue weighted by atomic mass is 10.4. The molecule has 98 valence electrons. The molecule has 0 spiro atoms. The van der Waals surface area contributed by atoms with E-state index in [4.69, 9.17) is 0 Å².